The normalized spacial score (nSPS) is 21.5. The van der Waals surface area contributed by atoms with Gasteiger partial charge in [0.1, 0.15) is 0 Å². The summed E-state index contributed by atoms with van der Waals surface area (Å²) in [6.45, 7) is 3.01. The lowest BCUT2D eigenvalue weighted by Crippen LogP contribution is -2.35. The van der Waals surface area contributed by atoms with Gasteiger partial charge in [0.05, 0.1) is 18.2 Å². The molecule has 0 atom stereocenters. The lowest BCUT2D eigenvalue weighted by Gasteiger charge is -2.27. The highest BCUT2D eigenvalue weighted by atomic mass is 127. The molecule has 1 aromatic heterocycles. The number of hydrogen-bond donors (Lipinski definition) is 0. The fourth-order valence-corrected chi connectivity index (χ4v) is 3.14. The average Bonchev–Trinajstić information content (AvgIpc) is 3.16. The van der Waals surface area contributed by atoms with Crippen LogP contribution >= 0.6 is 22.9 Å². The summed E-state index contributed by atoms with van der Waals surface area (Å²) in [6.07, 6.45) is 3.75. The highest BCUT2D eigenvalue weighted by Crippen LogP contribution is 2.43. The van der Waals surface area contributed by atoms with Crippen molar-refractivity contribution in [2.24, 2.45) is 0 Å². The van der Waals surface area contributed by atoms with Gasteiger partial charge in [-0.1, -0.05) is 0 Å². The molecular formula is C13H16IN3O2. The summed E-state index contributed by atoms with van der Waals surface area (Å²) in [7, 11) is 1.57. The third-order valence-electron chi connectivity index (χ3n) is 4.00. The first-order valence-corrected chi connectivity index (χ1v) is 7.34. The highest BCUT2D eigenvalue weighted by Gasteiger charge is 2.55. The first-order chi connectivity index (χ1) is 9.14. The van der Waals surface area contributed by atoms with E-state index in [9.17, 15) is 4.79 Å². The first kappa shape index (κ1) is 13.1. The van der Waals surface area contributed by atoms with Gasteiger partial charge in [0.15, 0.2) is 0 Å². The van der Waals surface area contributed by atoms with E-state index < -0.39 is 0 Å². The van der Waals surface area contributed by atoms with Crippen molar-refractivity contribution < 1.29 is 9.53 Å². The maximum atomic E-state index is 12.4. The van der Waals surface area contributed by atoms with Crippen LogP contribution < -0.4 is 4.74 Å². The first-order valence-electron chi connectivity index (χ1n) is 6.37. The Kier molecular flexibility index (Phi) is 3.38. The van der Waals surface area contributed by atoms with Crippen molar-refractivity contribution in [3.05, 3.63) is 23.9 Å². The summed E-state index contributed by atoms with van der Waals surface area (Å²) >= 11 is 2.35. The molecule has 1 amide bonds. The third-order valence-corrected chi connectivity index (χ3v) is 4.96. The molecule has 0 unspecified atom stereocenters. The van der Waals surface area contributed by atoms with Crippen LogP contribution in [-0.2, 0) is 0 Å². The van der Waals surface area contributed by atoms with Crippen molar-refractivity contribution >= 4 is 28.8 Å². The van der Waals surface area contributed by atoms with E-state index in [0.717, 1.165) is 32.5 Å². The van der Waals surface area contributed by atoms with Crippen molar-refractivity contribution in [3.8, 4) is 5.88 Å². The van der Waals surface area contributed by atoms with E-state index in [1.807, 2.05) is 4.90 Å². The van der Waals surface area contributed by atoms with Crippen molar-refractivity contribution in [1.82, 2.24) is 13.0 Å². The number of ether oxygens (including phenoxy) is 1. The summed E-state index contributed by atoms with van der Waals surface area (Å²) < 4.78 is 7.29. The zero-order chi connectivity index (χ0) is 13.5. The van der Waals surface area contributed by atoms with Crippen LogP contribution in [-0.4, -0.2) is 51.2 Å². The maximum absolute atomic E-state index is 12.4. The second kappa shape index (κ2) is 4.90. The Hall–Kier alpha value is -0.890. The molecule has 5 nitrogen and oxygen atoms in total. The molecule has 1 aromatic rings. The molecule has 0 saturated carbocycles. The van der Waals surface area contributed by atoms with Crippen molar-refractivity contribution in [2.75, 3.05) is 26.7 Å². The van der Waals surface area contributed by atoms with Gasteiger partial charge in [0.25, 0.3) is 5.91 Å². The minimum atomic E-state index is 0.0945. The second-order valence-corrected chi connectivity index (χ2v) is 6.48. The van der Waals surface area contributed by atoms with Crippen LogP contribution in [0, 0.1) is 0 Å². The lowest BCUT2D eigenvalue weighted by atomic mass is 9.98. The fraction of sp³-hybridized carbons (Fsp3) is 0.538. The number of carbonyl (C=O) groups excluding carboxylic acids is 1. The molecule has 3 rings (SSSR count). The fourth-order valence-electron chi connectivity index (χ4n) is 2.65. The number of halogens is 1. The van der Waals surface area contributed by atoms with E-state index in [1.165, 1.54) is 0 Å². The molecule has 19 heavy (non-hydrogen) atoms. The number of pyridine rings is 1. The van der Waals surface area contributed by atoms with Crippen molar-refractivity contribution in [2.45, 2.75) is 18.4 Å². The van der Waals surface area contributed by atoms with Crippen LogP contribution in [0.4, 0.5) is 0 Å². The largest absolute Gasteiger partial charge is 0.481 e. The summed E-state index contributed by atoms with van der Waals surface area (Å²) in [4.78, 5) is 18.5. The number of carbonyl (C=O) groups is 1. The van der Waals surface area contributed by atoms with E-state index in [2.05, 4.69) is 31.0 Å². The zero-order valence-electron chi connectivity index (χ0n) is 10.8. The van der Waals surface area contributed by atoms with E-state index in [0.29, 0.717) is 11.4 Å². The standard InChI is InChI=1S/C13H16IN3O2/c1-19-11-3-2-10(8-15-11)12(18)17-9-13(17)4-6-16(14)7-5-13/h2-3,8H,4-7,9H2,1H3. The van der Waals surface area contributed by atoms with Gasteiger partial charge in [0, 0.05) is 54.8 Å². The zero-order valence-corrected chi connectivity index (χ0v) is 13.0. The summed E-state index contributed by atoms with van der Waals surface area (Å²) in [5.74, 6) is 0.632. The summed E-state index contributed by atoms with van der Waals surface area (Å²) in [6, 6.07) is 3.52. The Balaban J connectivity index is 1.68. The molecule has 2 fully saturated rings. The van der Waals surface area contributed by atoms with Gasteiger partial charge in [-0.3, -0.25) is 4.79 Å². The van der Waals surface area contributed by atoms with Gasteiger partial charge in [-0.05, 0) is 18.9 Å². The monoisotopic (exact) mass is 373 g/mol. The lowest BCUT2D eigenvalue weighted by molar-refractivity contribution is 0.0838. The average molecular weight is 373 g/mol. The predicted octanol–water partition coefficient (Wildman–Crippen LogP) is 1.73. The van der Waals surface area contributed by atoms with Crippen molar-refractivity contribution in [1.29, 1.82) is 0 Å². The van der Waals surface area contributed by atoms with Crippen molar-refractivity contribution in [3.63, 3.8) is 0 Å². The summed E-state index contributed by atoms with van der Waals surface area (Å²) in [5.41, 5.74) is 0.771. The molecule has 2 aliphatic heterocycles. The molecular weight excluding hydrogens is 357 g/mol. The van der Waals surface area contributed by atoms with Crippen LogP contribution in [0.15, 0.2) is 18.3 Å². The molecule has 0 bridgehead atoms. The Labute approximate surface area is 126 Å². The summed E-state index contributed by atoms with van der Waals surface area (Å²) in [5, 5.41) is 0. The van der Waals surface area contributed by atoms with Gasteiger partial charge >= 0.3 is 0 Å². The molecule has 102 valence electrons. The highest BCUT2D eigenvalue weighted by molar-refractivity contribution is 14.1. The topological polar surface area (TPSA) is 45.4 Å². The molecule has 1 spiro atoms. The Bertz CT molecular complexity index is 483. The molecule has 3 heterocycles. The number of piperidine rings is 1. The van der Waals surface area contributed by atoms with Gasteiger partial charge in [-0.2, -0.15) is 0 Å². The number of methoxy groups -OCH3 is 1. The van der Waals surface area contributed by atoms with Gasteiger partial charge in [-0.15, -0.1) is 0 Å². The predicted molar refractivity (Wildman–Crippen MR) is 79.4 cm³/mol. The van der Waals surface area contributed by atoms with Crippen LogP contribution in [0.25, 0.3) is 0 Å². The second-order valence-electron chi connectivity index (χ2n) is 5.11. The van der Waals surface area contributed by atoms with E-state index in [1.54, 1.807) is 25.4 Å². The number of amides is 1. The molecule has 2 saturated heterocycles. The molecule has 6 heteroatoms. The van der Waals surface area contributed by atoms with Crippen LogP contribution in [0.5, 0.6) is 5.88 Å². The number of hydrogen-bond acceptors (Lipinski definition) is 4. The minimum Gasteiger partial charge on any atom is -0.481 e. The van der Waals surface area contributed by atoms with E-state index in [-0.39, 0.29) is 11.4 Å². The number of aromatic nitrogens is 1. The number of nitrogens with zero attached hydrogens (tertiary/aromatic N) is 3. The van der Waals surface area contributed by atoms with Crippen LogP contribution in [0.1, 0.15) is 23.2 Å². The Morgan fingerprint density at radius 3 is 2.74 bits per heavy atom. The quantitative estimate of drug-likeness (QED) is 0.450. The third kappa shape index (κ3) is 2.43. The smallest absolute Gasteiger partial charge is 0.256 e. The van der Waals surface area contributed by atoms with Gasteiger partial charge < -0.3 is 9.64 Å². The molecule has 0 N–H and O–H groups in total. The SMILES string of the molecule is COc1ccc(C(=O)N2CC23CCN(I)CC3)cn1. The maximum Gasteiger partial charge on any atom is 0.256 e. The van der Waals surface area contributed by atoms with E-state index >= 15 is 0 Å². The van der Waals surface area contributed by atoms with Crippen LogP contribution in [0.2, 0.25) is 0 Å². The van der Waals surface area contributed by atoms with Crippen LogP contribution in [0.3, 0.4) is 0 Å². The Morgan fingerprint density at radius 1 is 1.42 bits per heavy atom. The number of rotatable bonds is 2. The van der Waals surface area contributed by atoms with Gasteiger partial charge in [0.2, 0.25) is 5.88 Å². The van der Waals surface area contributed by atoms with Gasteiger partial charge in [-0.25, -0.2) is 8.10 Å². The molecule has 0 aromatic carbocycles. The van der Waals surface area contributed by atoms with E-state index in [4.69, 9.17) is 4.74 Å². The minimum absolute atomic E-state index is 0.0945. The molecule has 0 radical (unpaired) electrons. The molecule has 2 aliphatic rings. The molecule has 0 aliphatic carbocycles. The Morgan fingerprint density at radius 2 is 2.16 bits per heavy atom.